The zero-order chi connectivity index (χ0) is 17.2. The second-order valence-electron chi connectivity index (χ2n) is 5.24. The van der Waals surface area contributed by atoms with Crippen molar-refractivity contribution in [2.24, 2.45) is 5.16 Å². The van der Waals surface area contributed by atoms with Crippen LogP contribution in [0.5, 0.6) is 0 Å². The molecule has 1 aliphatic rings. The van der Waals surface area contributed by atoms with Crippen molar-refractivity contribution < 1.29 is 9.63 Å². The van der Waals surface area contributed by atoms with Crippen LogP contribution in [0.4, 0.5) is 4.79 Å². The molecule has 4 nitrogen and oxygen atoms in total. The summed E-state index contributed by atoms with van der Waals surface area (Å²) in [5.41, 5.74) is 0. The summed E-state index contributed by atoms with van der Waals surface area (Å²) in [5, 5.41) is 4.56. The molecule has 2 unspecified atom stereocenters. The summed E-state index contributed by atoms with van der Waals surface area (Å²) < 4.78 is 3.39. The summed E-state index contributed by atoms with van der Waals surface area (Å²) in [6.45, 7) is 8.58. The molecule has 9 heteroatoms. The molecule has 1 heterocycles. The van der Waals surface area contributed by atoms with Crippen molar-refractivity contribution in [3.63, 3.8) is 0 Å². The lowest BCUT2D eigenvalue weighted by Crippen LogP contribution is -2.20. The molecule has 0 saturated carbocycles. The van der Waals surface area contributed by atoms with E-state index in [4.69, 9.17) is 4.84 Å². The summed E-state index contributed by atoms with van der Waals surface area (Å²) in [4.78, 5) is 17.1. The van der Waals surface area contributed by atoms with Gasteiger partial charge in [-0.15, -0.1) is 11.8 Å². The van der Waals surface area contributed by atoms with E-state index in [0.29, 0.717) is 14.4 Å². The Morgan fingerprint density at radius 3 is 2.30 bits per heavy atom. The molecule has 23 heavy (non-hydrogen) atoms. The molecular weight excluding hydrogens is 389 g/mol. The predicted molar refractivity (Wildman–Crippen MR) is 112 cm³/mol. The number of carbonyl (C=O) groups is 1. The predicted octanol–water partition coefficient (Wildman–Crippen LogP) is 6.50. The van der Waals surface area contributed by atoms with Gasteiger partial charge in [-0.05, 0) is 12.8 Å². The molecule has 1 fully saturated rings. The Labute approximate surface area is 161 Å². The van der Waals surface area contributed by atoms with Crippen LogP contribution in [0.15, 0.2) is 5.16 Å². The van der Waals surface area contributed by atoms with Crippen molar-refractivity contribution in [1.29, 1.82) is 0 Å². The van der Waals surface area contributed by atoms with Gasteiger partial charge in [-0.2, -0.15) is 0 Å². The molecule has 1 aliphatic heterocycles. The Hall–Kier alpha value is 0.690. The van der Waals surface area contributed by atoms with Gasteiger partial charge in [0.25, 0.3) is 0 Å². The highest BCUT2D eigenvalue weighted by molar-refractivity contribution is 8.76. The van der Waals surface area contributed by atoms with Gasteiger partial charge in [-0.25, -0.2) is 9.10 Å². The van der Waals surface area contributed by atoms with Crippen LogP contribution >= 0.6 is 57.1 Å². The first-order valence-corrected chi connectivity index (χ1v) is 12.7. The van der Waals surface area contributed by atoms with Gasteiger partial charge in [0.05, 0.1) is 9.16 Å². The maximum Gasteiger partial charge on any atom is 0.446 e. The molecule has 0 aromatic carbocycles. The fourth-order valence-electron chi connectivity index (χ4n) is 1.56. The van der Waals surface area contributed by atoms with Gasteiger partial charge in [-0.1, -0.05) is 80.0 Å². The van der Waals surface area contributed by atoms with Crippen LogP contribution in [0.25, 0.3) is 0 Å². The molecule has 0 aromatic rings. The standard InChI is InChI=1S/C14H26N2O2S5/c1-6-8-11-19-12(9-7-2)21-13(20-11)15-18-14(17)16(5)23-22-10(3)4/h10-12H,6-9H2,1-5H3. The topological polar surface area (TPSA) is 41.9 Å². The number of hydrogen-bond donors (Lipinski definition) is 0. The van der Waals surface area contributed by atoms with Crippen LogP contribution in [0.2, 0.25) is 0 Å². The van der Waals surface area contributed by atoms with E-state index in [-0.39, 0.29) is 0 Å². The summed E-state index contributed by atoms with van der Waals surface area (Å²) in [7, 11) is 4.72. The first kappa shape index (κ1) is 21.7. The van der Waals surface area contributed by atoms with Gasteiger partial charge in [0.2, 0.25) is 0 Å². The summed E-state index contributed by atoms with van der Waals surface area (Å²) in [6, 6.07) is 0. The molecule has 2 atom stereocenters. The van der Waals surface area contributed by atoms with Crippen molar-refractivity contribution in [1.82, 2.24) is 4.31 Å². The molecule has 0 aromatic heterocycles. The minimum atomic E-state index is -0.422. The van der Waals surface area contributed by atoms with E-state index in [2.05, 4.69) is 32.9 Å². The van der Waals surface area contributed by atoms with Crippen molar-refractivity contribution in [2.45, 2.75) is 67.8 Å². The third kappa shape index (κ3) is 9.09. The largest absolute Gasteiger partial charge is 0.446 e. The second kappa shape index (κ2) is 12.1. The SMILES string of the molecule is CCCC1SC(=NOC(=O)N(C)SSC(C)C)SC(CCC)S1. The minimum absolute atomic E-state index is 0.422. The lowest BCUT2D eigenvalue weighted by molar-refractivity contribution is 0.138. The fourth-order valence-corrected chi connectivity index (χ4v) is 8.73. The highest BCUT2D eigenvalue weighted by Gasteiger charge is 2.28. The molecule has 0 bridgehead atoms. The van der Waals surface area contributed by atoms with Crippen LogP contribution < -0.4 is 0 Å². The quantitative estimate of drug-likeness (QED) is 0.194. The smallest absolute Gasteiger partial charge is 0.296 e. The van der Waals surface area contributed by atoms with Crippen LogP contribution in [0.3, 0.4) is 0 Å². The van der Waals surface area contributed by atoms with Crippen LogP contribution in [-0.4, -0.2) is 36.2 Å². The van der Waals surface area contributed by atoms with E-state index in [1.807, 2.05) is 11.8 Å². The van der Waals surface area contributed by atoms with Gasteiger partial charge < -0.3 is 0 Å². The van der Waals surface area contributed by atoms with Crippen LogP contribution in [0.1, 0.15) is 53.4 Å². The lowest BCUT2D eigenvalue weighted by atomic mass is 10.4. The Morgan fingerprint density at radius 2 is 1.83 bits per heavy atom. The zero-order valence-corrected chi connectivity index (χ0v) is 18.4. The Morgan fingerprint density at radius 1 is 1.26 bits per heavy atom. The molecule has 134 valence electrons. The van der Waals surface area contributed by atoms with Crippen molar-refractivity contribution in [3.8, 4) is 0 Å². The minimum Gasteiger partial charge on any atom is -0.296 e. The summed E-state index contributed by atoms with van der Waals surface area (Å²) in [6.07, 6.45) is 4.21. The summed E-state index contributed by atoms with van der Waals surface area (Å²) >= 11 is 5.47. The van der Waals surface area contributed by atoms with E-state index in [1.165, 1.54) is 15.3 Å². The van der Waals surface area contributed by atoms with E-state index in [0.717, 1.165) is 30.1 Å². The average molecular weight is 415 g/mol. The molecule has 1 saturated heterocycles. The molecule has 1 amide bonds. The number of thioether (sulfide) groups is 3. The number of hydrogen-bond acceptors (Lipinski definition) is 8. The number of rotatable bonds is 8. The first-order chi connectivity index (χ1) is 11.0. The second-order valence-corrected chi connectivity index (χ2v) is 12.7. The molecule has 0 aliphatic carbocycles. The van der Waals surface area contributed by atoms with E-state index >= 15 is 0 Å². The average Bonchev–Trinajstić information content (AvgIpc) is 2.50. The molecular formula is C14H26N2O2S5. The molecule has 0 radical (unpaired) electrons. The molecule has 1 rings (SSSR count). The van der Waals surface area contributed by atoms with E-state index in [9.17, 15) is 4.79 Å². The Balaban J connectivity index is 2.53. The van der Waals surface area contributed by atoms with Gasteiger partial charge in [0.1, 0.15) is 0 Å². The monoisotopic (exact) mass is 414 g/mol. The van der Waals surface area contributed by atoms with Crippen molar-refractivity contribution in [3.05, 3.63) is 0 Å². The lowest BCUT2D eigenvalue weighted by Gasteiger charge is -2.27. The third-order valence-corrected chi connectivity index (χ3v) is 10.00. The normalized spacial score (nSPS) is 21.4. The van der Waals surface area contributed by atoms with E-state index in [1.54, 1.807) is 41.4 Å². The highest BCUT2D eigenvalue weighted by Crippen LogP contribution is 2.47. The van der Waals surface area contributed by atoms with E-state index < -0.39 is 6.09 Å². The Bertz CT molecular complexity index is 379. The Kier molecular flexibility index (Phi) is 11.4. The zero-order valence-electron chi connectivity index (χ0n) is 14.3. The van der Waals surface area contributed by atoms with Crippen molar-refractivity contribution >= 4 is 67.5 Å². The number of nitrogens with zero attached hydrogens (tertiary/aromatic N) is 2. The number of oxime groups is 1. The van der Waals surface area contributed by atoms with Crippen LogP contribution in [-0.2, 0) is 4.84 Å². The maximum absolute atomic E-state index is 12.0. The maximum atomic E-state index is 12.0. The van der Waals surface area contributed by atoms with Crippen LogP contribution in [0, 0.1) is 0 Å². The molecule has 0 N–H and O–H groups in total. The first-order valence-electron chi connectivity index (χ1n) is 7.81. The summed E-state index contributed by atoms with van der Waals surface area (Å²) in [5.74, 6) is 0. The highest BCUT2D eigenvalue weighted by atomic mass is 33.1. The molecule has 0 spiro atoms. The van der Waals surface area contributed by atoms with Gasteiger partial charge >= 0.3 is 6.09 Å². The van der Waals surface area contributed by atoms with Gasteiger partial charge in [0, 0.05) is 23.3 Å². The van der Waals surface area contributed by atoms with Crippen molar-refractivity contribution in [2.75, 3.05) is 7.05 Å². The number of carbonyl (C=O) groups excluding carboxylic acids is 1. The third-order valence-electron chi connectivity index (χ3n) is 2.62. The number of amides is 1. The van der Waals surface area contributed by atoms with Gasteiger partial charge in [-0.3, -0.25) is 4.84 Å². The fraction of sp³-hybridized carbons (Fsp3) is 0.857. The van der Waals surface area contributed by atoms with Gasteiger partial charge in [0.15, 0.2) is 4.38 Å².